The van der Waals surface area contributed by atoms with Crippen molar-refractivity contribution in [3.8, 4) is 0 Å². The predicted octanol–water partition coefficient (Wildman–Crippen LogP) is -3.03. The third-order valence-corrected chi connectivity index (χ3v) is 2.29. The second-order valence-corrected chi connectivity index (χ2v) is 3.43. The first-order valence-electron chi connectivity index (χ1n) is 4.93. The summed E-state index contributed by atoms with van der Waals surface area (Å²) in [6.45, 7) is 2.34. The smallest absolute Gasteiger partial charge is 0.222 e. The number of hydrogen-bond acceptors (Lipinski definition) is 7. The van der Waals surface area contributed by atoms with Gasteiger partial charge in [0, 0.05) is 0 Å². The normalized spacial score (nSPS) is 17.9. The number of carbonyl (C=O) groups is 2. The minimum atomic E-state index is -1.75. The number of likely N-dealkylation sites (N-methyl/N-ethyl adjacent to an activating group) is 1. The third kappa shape index (κ3) is 3.99. The quantitative estimate of drug-likeness (QED) is 0.228. The van der Waals surface area contributed by atoms with E-state index in [2.05, 4.69) is 11.9 Å². The number of Topliss-reactive ketones (excluding diaryl/α,β-unsaturated/α-hetero) is 1. The molecule has 0 amide bonds. The number of rotatable bonds is 8. The van der Waals surface area contributed by atoms with Crippen LogP contribution in [0.15, 0.2) is 12.7 Å². The van der Waals surface area contributed by atoms with Crippen molar-refractivity contribution in [3.05, 3.63) is 12.7 Å². The maximum Gasteiger partial charge on any atom is 0.222 e. The van der Waals surface area contributed by atoms with Crippen LogP contribution in [0.1, 0.15) is 0 Å². The van der Waals surface area contributed by atoms with Crippen LogP contribution in [0.4, 0.5) is 0 Å². The van der Waals surface area contributed by atoms with E-state index in [1.54, 1.807) is 0 Å². The zero-order chi connectivity index (χ0) is 13.6. The fraction of sp³-hybridized carbons (Fsp3) is 0.600. The number of nitrogens with one attached hydrogen (secondary N) is 1. The maximum atomic E-state index is 11.5. The first kappa shape index (κ1) is 15.9. The van der Waals surface area contributed by atoms with Gasteiger partial charge in [0.15, 0.2) is 0 Å². The second-order valence-electron chi connectivity index (χ2n) is 3.43. The zero-order valence-electron chi connectivity index (χ0n) is 9.41. The number of ketones is 2. The van der Waals surface area contributed by atoms with E-state index in [9.17, 15) is 19.8 Å². The van der Waals surface area contributed by atoms with E-state index < -0.39 is 42.5 Å². The zero-order valence-corrected chi connectivity index (χ0v) is 9.41. The standard InChI is InChI=1S/C10H17NO6/c1-3-5(13)8(15)7(11-2)10(17)9(16)6(14)4-12/h3,6-7,9-12,14,16-17H,1,4H2,2H3/t6-,7+,9-,10-/m1/s1. The Hall–Kier alpha value is -1.12. The van der Waals surface area contributed by atoms with Gasteiger partial charge in [-0.2, -0.15) is 0 Å². The molecule has 7 heteroatoms. The van der Waals surface area contributed by atoms with Crippen molar-refractivity contribution in [1.82, 2.24) is 5.32 Å². The molecule has 0 aromatic rings. The molecular formula is C10H17NO6. The molecule has 7 nitrogen and oxygen atoms in total. The lowest BCUT2D eigenvalue weighted by Crippen LogP contribution is -2.55. The molecule has 0 saturated heterocycles. The Morgan fingerprint density at radius 1 is 1.29 bits per heavy atom. The van der Waals surface area contributed by atoms with Crippen molar-refractivity contribution in [2.45, 2.75) is 24.4 Å². The highest BCUT2D eigenvalue weighted by atomic mass is 16.4. The van der Waals surface area contributed by atoms with Crippen LogP contribution in [0.5, 0.6) is 0 Å². The van der Waals surface area contributed by atoms with Gasteiger partial charge in [-0.25, -0.2) is 0 Å². The van der Waals surface area contributed by atoms with Gasteiger partial charge in [0.05, 0.1) is 6.61 Å². The van der Waals surface area contributed by atoms with Crippen LogP contribution in [-0.4, -0.2) is 70.0 Å². The van der Waals surface area contributed by atoms with Crippen LogP contribution in [0.3, 0.4) is 0 Å². The van der Waals surface area contributed by atoms with Gasteiger partial charge in [0.25, 0.3) is 0 Å². The fourth-order valence-corrected chi connectivity index (χ4v) is 1.24. The summed E-state index contributed by atoms with van der Waals surface area (Å²) in [6.07, 6.45) is -4.29. The summed E-state index contributed by atoms with van der Waals surface area (Å²) in [5, 5.41) is 39.1. The number of carbonyl (C=O) groups excluding carboxylic acids is 2. The van der Waals surface area contributed by atoms with E-state index in [0.29, 0.717) is 0 Å². The highest BCUT2D eigenvalue weighted by molar-refractivity contribution is 6.43. The Morgan fingerprint density at radius 3 is 2.18 bits per heavy atom. The molecule has 0 radical (unpaired) electrons. The van der Waals surface area contributed by atoms with Crippen molar-refractivity contribution in [3.63, 3.8) is 0 Å². The van der Waals surface area contributed by atoms with E-state index >= 15 is 0 Å². The average molecular weight is 247 g/mol. The number of aliphatic hydroxyl groups is 4. The van der Waals surface area contributed by atoms with E-state index in [-0.39, 0.29) is 0 Å². The monoisotopic (exact) mass is 247 g/mol. The lowest BCUT2D eigenvalue weighted by atomic mass is 9.96. The summed E-state index contributed by atoms with van der Waals surface area (Å²) >= 11 is 0. The van der Waals surface area contributed by atoms with E-state index in [1.807, 2.05) is 0 Å². The molecule has 0 fully saturated rings. The molecule has 17 heavy (non-hydrogen) atoms. The van der Waals surface area contributed by atoms with Crippen molar-refractivity contribution < 1.29 is 30.0 Å². The van der Waals surface area contributed by atoms with Gasteiger partial charge in [-0.15, -0.1) is 0 Å². The van der Waals surface area contributed by atoms with Crippen LogP contribution in [0.2, 0.25) is 0 Å². The minimum Gasteiger partial charge on any atom is -0.394 e. The van der Waals surface area contributed by atoms with Crippen LogP contribution in [-0.2, 0) is 9.59 Å². The molecule has 4 atom stereocenters. The molecule has 0 rings (SSSR count). The first-order chi connectivity index (χ1) is 7.90. The topological polar surface area (TPSA) is 127 Å². The van der Waals surface area contributed by atoms with Crippen molar-refractivity contribution >= 4 is 11.6 Å². The molecule has 0 unspecified atom stereocenters. The predicted molar refractivity (Wildman–Crippen MR) is 58.2 cm³/mol. The summed E-state index contributed by atoms with van der Waals surface area (Å²) < 4.78 is 0. The Morgan fingerprint density at radius 2 is 1.82 bits per heavy atom. The van der Waals surface area contributed by atoms with Gasteiger partial charge in [-0.05, 0) is 13.1 Å². The van der Waals surface area contributed by atoms with Crippen LogP contribution >= 0.6 is 0 Å². The van der Waals surface area contributed by atoms with Gasteiger partial charge in [0.2, 0.25) is 11.6 Å². The van der Waals surface area contributed by atoms with Gasteiger partial charge in [-0.3, -0.25) is 9.59 Å². The molecule has 0 aromatic carbocycles. The van der Waals surface area contributed by atoms with E-state index in [1.165, 1.54) is 7.05 Å². The molecule has 5 N–H and O–H groups in total. The Balaban J connectivity index is 4.82. The number of hydrogen-bond donors (Lipinski definition) is 5. The Kier molecular flexibility index (Phi) is 6.78. The van der Waals surface area contributed by atoms with Crippen LogP contribution < -0.4 is 5.32 Å². The first-order valence-corrected chi connectivity index (χ1v) is 4.93. The van der Waals surface area contributed by atoms with Crippen LogP contribution in [0, 0.1) is 0 Å². The summed E-state index contributed by atoms with van der Waals surface area (Å²) in [6, 6.07) is -1.38. The lowest BCUT2D eigenvalue weighted by molar-refractivity contribution is -0.140. The fourth-order valence-electron chi connectivity index (χ4n) is 1.24. The molecule has 0 saturated carbocycles. The average Bonchev–Trinajstić information content (AvgIpc) is 2.36. The molecule has 0 bridgehead atoms. The van der Waals surface area contributed by atoms with Gasteiger partial charge < -0.3 is 25.7 Å². The van der Waals surface area contributed by atoms with Crippen LogP contribution in [0.25, 0.3) is 0 Å². The summed E-state index contributed by atoms with van der Waals surface area (Å²) in [5.41, 5.74) is 0. The highest BCUT2D eigenvalue weighted by Crippen LogP contribution is 2.06. The van der Waals surface area contributed by atoms with Gasteiger partial charge >= 0.3 is 0 Å². The third-order valence-electron chi connectivity index (χ3n) is 2.29. The van der Waals surface area contributed by atoms with Gasteiger partial charge in [0.1, 0.15) is 24.4 Å². The van der Waals surface area contributed by atoms with Crippen molar-refractivity contribution in [1.29, 1.82) is 0 Å². The summed E-state index contributed by atoms with van der Waals surface area (Å²) in [5.74, 6) is -1.91. The molecule has 0 aliphatic rings. The highest BCUT2D eigenvalue weighted by Gasteiger charge is 2.36. The van der Waals surface area contributed by atoms with E-state index in [0.717, 1.165) is 6.08 Å². The van der Waals surface area contributed by atoms with Crippen molar-refractivity contribution in [2.75, 3.05) is 13.7 Å². The molecule has 0 aliphatic carbocycles. The van der Waals surface area contributed by atoms with Gasteiger partial charge in [-0.1, -0.05) is 6.58 Å². The second kappa shape index (κ2) is 7.25. The summed E-state index contributed by atoms with van der Waals surface area (Å²) in [7, 11) is 1.31. The van der Waals surface area contributed by atoms with E-state index in [4.69, 9.17) is 10.2 Å². The summed E-state index contributed by atoms with van der Waals surface area (Å²) in [4.78, 5) is 22.5. The molecule has 98 valence electrons. The number of aliphatic hydroxyl groups excluding tert-OH is 4. The molecule has 0 aromatic heterocycles. The minimum absolute atomic E-state index is 0.780. The number of allylic oxidation sites excluding steroid dienone is 1. The maximum absolute atomic E-state index is 11.5. The van der Waals surface area contributed by atoms with Crippen molar-refractivity contribution in [2.24, 2.45) is 0 Å². The Bertz CT molecular complexity index is 293. The lowest BCUT2D eigenvalue weighted by Gasteiger charge is -2.27. The Labute approximate surface area is 98.4 Å². The molecular weight excluding hydrogens is 230 g/mol. The molecule has 0 spiro atoms. The largest absolute Gasteiger partial charge is 0.394 e. The SMILES string of the molecule is C=CC(=O)C(=O)[C@H](NC)[C@@H](O)[C@H](O)[C@H](O)CO. The molecule has 0 heterocycles. The molecule has 0 aliphatic heterocycles.